The summed E-state index contributed by atoms with van der Waals surface area (Å²) in [4.78, 5) is 13.3. The Morgan fingerprint density at radius 1 is 0.966 bits per heavy atom. The van der Waals surface area contributed by atoms with E-state index in [9.17, 15) is 4.39 Å². The summed E-state index contributed by atoms with van der Waals surface area (Å²) in [6.07, 6.45) is 1.58. The number of halogens is 1. The SMILES string of the molecule is CCN(CC)c1ccc(Nc2ncnc3sc(C)c(-c4ccc(F)cc4)c23)cc1. The van der Waals surface area contributed by atoms with Crippen LogP contribution < -0.4 is 10.2 Å². The van der Waals surface area contributed by atoms with Crippen LogP contribution in [-0.4, -0.2) is 23.1 Å². The summed E-state index contributed by atoms with van der Waals surface area (Å²) in [6.45, 7) is 8.33. The van der Waals surface area contributed by atoms with Gasteiger partial charge in [-0.3, -0.25) is 0 Å². The number of rotatable bonds is 6. The predicted octanol–water partition coefficient (Wildman–Crippen LogP) is 6.40. The smallest absolute Gasteiger partial charge is 0.143 e. The van der Waals surface area contributed by atoms with Crippen molar-refractivity contribution in [3.63, 3.8) is 0 Å². The third kappa shape index (κ3) is 3.80. The van der Waals surface area contributed by atoms with Crippen LogP contribution >= 0.6 is 11.3 Å². The molecule has 2 aromatic heterocycles. The van der Waals surface area contributed by atoms with E-state index in [0.717, 1.165) is 50.8 Å². The third-order valence-corrected chi connectivity index (χ3v) is 6.07. The second kappa shape index (κ2) is 8.17. The molecule has 2 heterocycles. The van der Waals surface area contributed by atoms with E-state index in [1.54, 1.807) is 29.8 Å². The molecule has 1 N–H and O–H groups in total. The lowest BCUT2D eigenvalue weighted by Gasteiger charge is -2.21. The summed E-state index contributed by atoms with van der Waals surface area (Å²) < 4.78 is 13.4. The van der Waals surface area contributed by atoms with Gasteiger partial charge in [0.2, 0.25) is 0 Å². The topological polar surface area (TPSA) is 41.0 Å². The fraction of sp³-hybridized carbons (Fsp3) is 0.217. The first-order valence-electron chi connectivity index (χ1n) is 9.72. The highest BCUT2D eigenvalue weighted by Crippen LogP contribution is 2.41. The van der Waals surface area contributed by atoms with E-state index in [2.05, 4.69) is 65.2 Å². The standard InChI is InChI=1S/C23H23FN4S/c1-4-28(5-2)19-12-10-18(11-13-19)27-22-21-20(16-6-8-17(24)9-7-16)15(3)29-23(21)26-14-25-22/h6-14H,4-5H2,1-3H3,(H,25,26,27). The molecule has 29 heavy (non-hydrogen) atoms. The number of hydrogen-bond acceptors (Lipinski definition) is 5. The molecule has 0 aliphatic carbocycles. The molecule has 0 aliphatic heterocycles. The zero-order valence-corrected chi connectivity index (χ0v) is 17.6. The first-order valence-corrected chi connectivity index (χ1v) is 10.5. The quantitative estimate of drug-likeness (QED) is 0.402. The van der Waals surface area contributed by atoms with Gasteiger partial charge in [0, 0.05) is 34.9 Å². The van der Waals surface area contributed by atoms with E-state index in [4.69, 9.17) is 0 Å². The number of aromatic nitrogens is 2. The van der Waals surface area contributed by atoms with Gasteiger partial charge in [-0.15, -0.1) is 11.3 Å². The number of benzene rings is 2. The fourth-order valence-corrected chi connectivity index (χ4v) is 4.60. The second-order valence-corrected chi connectivity index (χ2v) is 7.99. The molecule has 0 amide bonds. The van der Waals surface area contributed by atoms with Gasteiger partial charge < -0.3 is 10.2 Å². The van der Waals surface area contributed by atoms with Crippen molar-refractivity contribution in [2.75, 3.05) is 23.3 Å². The van der Waals surface area contributed by atoms with Gasteiger partial charge in [-0.1, -0.05) is 12.1 Å². The molecular weight excluding hydrogens is 383 g/mol. The van der Waals surface area contributed by atoms with E-state index >= 15 is 0 Å². The summed E-state index contributed by atoms with van der Waals surface area (Å²) in [5.41, 5.74) is 4.18. The summed E-state index contributed by atoms with van der Waals surface area (Å²) in [5, 5.41) is 4.41. The highest BCUT2D eigenvalue weighted by molar-refractivity contribution is 7.19. The van der Waals surface area contributed by atoms with Crippen molar-refractivity contribution in [2.45, 2.75) is 20.8 Å². The average molecular weight is 407 g/mol. The molecule has 0 aliphatic rings. The molecule has 0 spiro atoms. The van der Waals surface area contributed by atoms with Gasteiger partial charge in [-0.25, -0.2) is 14.4 Å². The van der Waals surface area contributed by atoms with Crippen LogP contribution in [0.1, 0.15) is 18.7 Å². The lowest BCUT2D eigenvalue weighted by atomic mass is 10.0. The molecule has 0 saturated carbocycles. The zero-order chi connectivity index (χ0) is 20.4. The largest absolute Gasteiger partial charge is 0.372 e. The lowest BCUT2D eigenvalue weighted by Crippen LogP contribution is -2.21. The van der Waals surface area contributed by atoms with Crippen molar-refractivity contribution >= 4 is 38.7 Å². The monoisotopic (exact) mass is 406 g/mol. The van der Waals surface area contributed by atoms with E-state index in [1.165, 1.54) is 17.8 Å². The molecule has 6 heteroatoms. The maximum atomic E-state index is 13.4. The third-order valence-electron chi connectivity index (χ3n) is 5.06. The average Bonchev–Trinajstić information content (AvgIpc) is 3.07. The fourth-order valence-electron chi connectivity index (χ4n) is 3.58. The van der Waals surface area contributed by atoms with Crippen LogP contribution in [0, 0.1) is 12.7 Å². The Balaban J connectivity index is 1.74. The van der Waals surface area contributed by atoms with E-state index in [1.807, 2.05) is 0 Å². The van der Waals surface area contributed by atoms with Crippen LogP contribution in [-0.2, 0) is 0 Å². The van der Waals surface area contributed by atoms with Gasteiger partial charge in [0.25, 0.3) is 0 Å². The number of nitrogens with zero attached hydrogens (tertiary/aromatic N) is 3. The van der Waals surface area contributed by atoms with Crippen molar-refractivity contribution in [3.8, 4) is 11.1 Å². The molecule has 4 rings (SSSR count). The van der Waals surface area contributed by atoms with Crippen LogP contribution in [0.5, 0.6) is 0 Å². The van der Waals surface area contributed by atoms with Crippen molar-refractivity contribution in [1.82, 2.24) is 9.97 Å². The minimum Gasteiger partial charge on any atom is -0.372 e. The molecule has 0 radical (unpaired) electrons. The van der Waals surface area contributed by atoms with Gasteiger partial charge in [0.15, 0.2) is 0 Å². The zero-order valence-electron chi connectivity index (χ0n) is 16.7. The number of hydrogen-bond donors (Lipinski definition) is 1. The minimum absolute atomic E-state index is 0.242. The van der Waals surface area contributed by atoms with E-state index < -0.39 is 0 Å². The molecule has 4 nitrogen and oxygen atoms in total. The van der Waals surface area contributed by atoms with Crippen LogP contribution in [0.4, 0.5) is 21.6 Å². The van der Waals surface area contributed by atoms with E-state index in [0.29, 0.717) is 0 Å². The van der Waals surface area contributed by atoms with Gasteiger partial charge in [-0.2, -0.15) is 0 Å². The Morgan fingerprint density at radius 3 is 2.31 bits per heavy atom. The van der Waals surface area contributed by atoms with Crippen molar-refractivity contribution in [2.24, 2.45) is 0 Å². The Morgan fingerprint density at radius 2 is 1.66 bits per heavy atom. The van der Waals surface area contributed by atoms with Crippen molar-refractivity contribution < 1.29 is 4.39 Å². The van der Waals surface area contributed by atoms with Crippen molar-refractivity contribution in [1.29, 1.82) is 0 Å². The normalized spacial score (nSPS) is 11.0. The summed E-state index contributed by atoms with van der Waals surface area (Å²) in [7, 11) is 0. The van der Waals surface area contributed by atoms with Crippen LogP contribution in [0.2, 0.25) is 0 Å². The highest BCUT2D eigenvalue weighted by Gasteiger charge is 2.17. The maximum absolute atomic E-state index is 13.4. The number of thiophene rings is 1. The Kier molecular flexibility index (Phi) is 5.45. The molecule has 0 atom stereocenters. The maximum Gasteiger partial charge on any atom is 0.143 e. The van der Waals surface area contributed by atoms with Crippen LogP contribution in [0.25, 0.3) is 21.3 Å². The molecular formula is C23H23FN4S. The summed E-state index contributed by atoms with van der Waals surface area (Å²) >= 11 is 1.62. The molecule has 0 unspecified atom stereocenters. The van der Waals surface area contributed by atoms with Crippen LogP contribution in [0.15, 0.2) is 54.9 Å². The van der Waals surface area contributed by atoms with E-state index in [-0.39, 0.29) is 5.82 Å². The first kappa shape index (κ1) is 19.3. The first-order chi connectivity index (χ1) is 14.1. The molecule has 4 aromatic rings. The molecule has 148 valence electrons. The van der Waals surface area contributed by atoms with Gasteiger partial charge >= 0.3 is 0 Å². The number of fused-ring (bicyclic) bond motifs is 1. The molecule has 2 aromatic carbocycles. The minimum atomic E-state index is -0.242. The van der Waals surface area contributed by atoms with Crippen LogP contribution in [0.3, 0.4) is 0 Å². The number of aryl methyl sites for hydroxylation is 1. The molecule has 0 saturated heterocycles. The highest BCUT2D eigenvalue weighted by atomic mass is 32.1. The number of anilines is 3. The van der Waals surface area contributed by atoms with Crippen molar-refractivity contribution in [3.05, 3.63) is 65.6 Å². The Hall–Kier alpha value is -2.99. The predicted molar refractivity (Wildman–Crippen MR) is 121 cm³/mol. The lowest BCUT2D eigenvalue weighted by molar-refractivity contribution is 0.628. The second-order valence-electron chi connectivity index (χ2n) is 6.79. The van der Waals surface area contributed by atoms with Gasteiger partial charge in [0.05, 0.1) is 5.39 Å². The van der Waals surface area contributed by atoms with Gasteiger partial charge in [-0.05, 0) is 62.7 Å². The molecule has 0 bridgehead atoms. The Labute approximate surface area is 174 Å². The summed E-state index contributed by atoms with van der Waals surface area (Å²) in [5.74, 6) is 0.517. The molecule has 0 fully saturated rings. The summed E-state index contributed by atoms with van der Waals surface area (Å²) in [6, 6.07) is 15.0. The number of nitrogens with one attached hydrogen (secondary N) is 1. The van der Waals surface area contributed by atoms with Gasteiger partial charge in [0.1, 0.15) is 22.8 Å². The Bertz CT molecular complexity index is 1120.